The minimum Gasteiger partial charge on any atom is -0.500 e. The lowest BCUT2D eigenvalue weighted by Crippen LogP contribution is -2.43. The number of esters is 1. The Labute approximate surface area is 173 Å². The van der Waals surface area contributed by atoms with E-state index in [-0.39, 0.29) is 28.4 Å². The van der Waals surface area contributed by atoms with Crippen LogP contribution in [0.15, 0.2) is 53.3 Å². The Morgan fingerprint density at radius 2 is 1.50 bits per heavy atom. The van der Waals surface area contributed by atoms with Crippen molar-refractivity contribution in [3.05, 3.63) is 74.8 Å². The Morgan fingerprint density at radius 3 is 2.03 bits per heavy atom. The van der Waals surface area contributed by atoms with Gasteiger partial charge >= 0.3 is 5.97 Å². The number of hydrogen-bond acceptors (Lipinski definition) is 7. The van der Waals surface area contributed by atoms with Gasteiger partial charge in [-0.2, -0.15) is 0 Å². The Morgan fingerprint density at radius 1 is 0.867 bits per heavy atom. The first-order valence-electron chi connectivity index (χ1n) is 9.01. The molecule has 0 aromatic heterocycles. The second-order valence-electron chi connectivity index (χ2n) is 6.25. The van der Waals surface area contributed by atoms with Crippen molar-refractivity contribution in [1.82, 2.24) is 0 Å². The maximum atomic E-state index is 12.8. The first kappa shape index (κ1) is 22.5. The maximum Gasteiger partial charge on any atom is 0.342 e. The number of carbonyl (C=O) groups excluding carboxylic acids is 3. The van der Waals surface area contributed by atoms with Gasteiger partial charge < -0.3 is 14.2 Å². The summed E-state index contributed by atoms with van der Waals surface area (Å²) in [5.74, 6) is -1.11. The largest absolute Gasteiger partial charge is 0.500 e. The predicted molar refractivity (Wildman–Crippen MR) is 110 cm³/mol. The van der Waals surface area contributed by atoms with Crippen LogP contribution < -0.4 is 20.6 Å². The van der Waals surface area contributed by atoms with Crippen molar-refractivity contribution in [1.29, 1.82) is 0 Å². The fourth-order valence-corrected chi connectivity index (χ4v) is 2.91. The highest BCUT2D eigenvalue weighted by Crippen LogP contribution is 2.15. The third-order valence-electron chi connectivity index (χ3n) is 4.41. The van der Waals surface area contributed by atoms with Crippen LogP contribution in [-0.2, 0) is 19.1 Å². The number of carbonyl (C=O) groups is 3. The van der Waals surface area contributed by atoms with Gasteiger partial charge in [0.25, 0.3) is 0 Å². The lowest BCUT2D eigenvalue weighted by Gasteiger charge is -2.08. The van der Waals surface area contributed by atoms with Crippen molar-refractivity contribution in [3.8, 4) is 5.75 Å². The summed E-state index contributed by atoms with van der Waals surface area (Å²) in [6.45, 7) is 1.16. The van der Waals surface area contributed by atoms with Crippen LogP contribution in [0.2, 0.25) is 0 Å². The first-order chi connectivity index (χ1) is 14.3. The van der Waals surface area contributed by atoms with Crippen LogP contribution in [0.4, 0.5) is 0 Å². The predicted octanol–water partition coefficient (Wildman–Crippen LogP) is 0.996. The zero-order valence-corrected chi connectivity index (χ0v) is 17.2. The number of ether oxygens (including phenoxy) is 3. The quantitative estimate of drug-likeness (QED) is 0.382. The van der Waals surface area contributed by atoms with E-state index in [0.29, 0.717) is 11.3 Å². The van der Waals surface area contributed by atoms with Crippen LogP contribution in [-0.4, -0.2) is 38.9 Å². The maximum absolute atomic E-state index is 12.8. The van der Waals surface area contributed by atoms with Crippen molar-refractivity contribution in [2.75, 3.05) is 21.3 Å². The van der Waals surface area contributed by atoms with Crippen LogP contribution >= 0.6 is 0 Å². The molecule has 0 fully saturated rings. The molecule has 0 aliphatic heterocycles. The molecule has 7 heteroatoms. The van der Waals surface area contributed by atoms with E-state index in [1.807, 2.05) is 0 Å². The van der Waals surface area contributed by atoms with E-state index in [0.717, 1.165) is 14.0 Å². The van der Waals surface area contributed by atoms with Gasteiger partial charge in [0.15, 0.2) is 17.0 Å². The summed E-state index contributed by atoms with van der Waals surface area (Å²) in [6.07, 6.45) is -0.189. The fraction of sp³-hybridized carbons (Fsp3) is 0.217. The zero-order valence-electron chi connectivity index (χ0n) is 17.2. The summed E-state index contributed by atoms with van der Waals surface area (Å²) < 4.78 is 15.2. The van der Waals surface area contributed by atoms with E-state index in [1.54, 1.807) is 30.3 Å². The third-order valence-corrected chi connectivity index (χ3v) is 4.41. The summed E-state index contributed by atoms with van der Waals surface area (Å²) in [5.41, 5.74) is -0.560. The second kappa shape index (κ2) is 10.2. The molecule has 0 saturated heterocycles. The van der Waals surface area contributed by atoms with Crippen molar-refractivity contribution < 1.29 is 28.6 Å². The smallest absolute Gasteiger partial charge is 0.342 e. The minimum atomic E-state index is -0.941. The number of rotatable bonds is 7. The van der Waals surface area contributed by atoms with Crippen LogP contribution in [0, 0.1) is 0 Å². The highest BCUT2D eigenvalue weighted by molar-refractivity contribution is 6.38. The molecule has 30 heavy (non-hydrogen) atoms. The normalized spacial score (nSPS) is 12.4. The molecule has 0 aliphatic rings. The Bertz CT molecular complexity index is 1150. The molecule has 0 bridgehead atoms. The summed E-state index contributed by atoms with van der Waals surface area (Å²) >= 11 is 0. The van der Waals surface area contributed by atoms with E-state index in [2.05, 4.69) is 4.74 Å². The van der Waals surface area contributed by atoms with Gasteiger partial charge in [0.1, 0.15) is 17.1 Å². The SMILES string of the molecule is COC(=O)/C(C(C)=O)=c1/c(=O)cccc/c1=C(\CC(=O)c1ccc(OC)cc1)OC. The van der Waals surface area contributed by atoms with Crippen LogP contribution in [0.25, 0.3) is 11.3 Å². The van der Waals surface area contributed by atoms with E-state index < -0.39 is 22.8 Å². The highest BCUT2D eigenvalue weighted by atomic mass is 16.5. The number of methoxy groups -OCH3 is 3. The zero-order chi connectivity index (χ0) is 22.3. The van der Waals surface area contributed by atoms with Gasteiger partial charge in [0, 0.05) is 10.8 Å². The van der Waals surface area contributed by atoms with Crippen LogP contribution in [0.5, 0.6) is 5.75 Å². The van der Waals surface area contributed by atoms with Gasteiger partial charge in [0.05, 0.1) is 33.0 Å². The first-order valence-corrected chi connectivity index (χ1v) is 9.01. The molecule has 0 radical (unpaired) electrons. The molecule has 7 nitrogen and oxygen atoms in total. The molecule has 0 N–H and O–H groups in total. The molecule has 0 unspecified atom stereocenters. The summed E-state index contributed by atoms with van der Waals surface area (Å²) in [5, 5.41) is 0.00342. The van der Waals surface area contributed by atoms with Crippen molar-refractivity contribution in [2.45, 2.75) is 13.3 Å². The molecule has 0 aliphatic carbocycles. The summed E-state index contributed by atoms with van der Waals surface area (Å²) in [7, 11) is 3.99. The number of ketones is 2. The van der Waals surface area contributed by atoms with Crippen LogP contribution in [0.1, 0.15) is 23.7 Å². The molecule has 0 saturated carbocycles. The molecule has 0 spiro atoms. The summed E-state index contributed by atoms with van der Waals surface area (Å²) in [4.78, 5) is 49.9. The lowest BCUT2D eigenvalue weighted by atomic mass is 10.0. The Kier molecular flexibility index (Phi) is 7.63. The molecule has 2 aromatic carbocycles. The van der Waals surface area contributed by atoms with Gasteiger partial charge in [-0.05, 0) is 37.3 Å². The number of Topliss-reactive ketones (excluding diaryl/α,β-unsaturated/α-hetero) is 2. The monoisotopic (exact) mass is 410 g/mol. The van der Waals surface area contributed by atoms with Crippen molar-refractivity contribution in [3.63, 3.8) is 0 Å². The Balaban J connectivity index is 2.81. The van der Waals surface area contributed by atoms with Gasteiger partial charge in [-0.25, -0.2) is 4.79 Å². The van der Waals surface area contributed by atoms with Gasteiger partial charge in [-0.15, -0.1) is 0 Å². The highest BCUT2D eigenvalue weighted by Gasteiger charge is 2.19. The van der Waals surface area contributed by atoms with E-state index in [4.69, 9.17) is 9.47 Å². The molecule has 2 rings (SSSR count). The van der Waals surface area contributed by atoms with Crippen molar-refractivity contribution >= 4 is 28.9 Å². The average Bonchev–Trinajstić information content (AvgIpc) is 2.93. The third kappa shape index (κ3) is 5.00. The molecular weight excluding hydrogens is 388 g/mol. The molecule has 0 amide bonds. The lowest BCUT2D eigenvalue weighted by molar-refractivity contribution is -0.134. The second-order valence-corrected chi connectivity index (χ2v) is 6.25. The van der Waals surface area contributed by atoms with Gasteiger partial charge in [0.2, 0.25) is 0 Å². The minimum absolute atomic E-state index is 0.141. The number of benzene rings is 1. The van der Waals surface area contributed by atoms with Crippen molar-refractivity contribution in [2.24, 2.45) is 0 Å². The van der Waals surface area contributed by atoms with E-state index in [9.17, 15) is 19.2 Å². The Hall–Kier alpha value is -3.74. The van der Waals surface area contributed by atoms with E-state index in [1.165, 1.54) is 32.4 Å². The molecular formula is C23H22O7. The molecule has 2 aromatic rings. The average molecular weight is 410 g/mol. The van der Waals surface area contributed by atoms with E-state index >= 15 is 0 Å². The van der Waals surface area contributed by atoms with Crippen LogP contribution in [0.3, 0.4) is 0 Å². The fourth-order valence-electron chi connectivity index (χ4n) is 2.91. The van der Waals surface area contributed by atoms with Gasteiger partial charge in [-0.3, -0.25) is 14.4 Å². The standard InChI is InChI=1S/C23H22O7/c1-14(24)21(23(27)30-4)22-17(7-5-6-8-18(22)25)20(29-3)13-19(26)15-9-11-16(28-2)12-10-15/h5-12H,13H2,1-4H3/b20-17-,22-21+. The molecule has 0 heterocycles. The topological polar surface area (TPSA) is 96.0 Å². The molecule has 0 atom stereocenters. The molecule has 156 valence electrons. The summed E-state index contributed by atoms with van der Waals surface area (Å²) in [6, 6.07) is 12.3. The number of hydrogen-bond donors (Lipinski definition) is 0. The van der Waals surface area contributed by atoms with Gasteiger partial charge in [-0.1, -0.05) is 18.2 Å².